The van der Waals surface area contributed by atoms with Gasteiger partial charge in [-0.1, -0.05) is 54.6 Å². The number of alkyl carbamates (subject to hydrolysis) is 1. The van der Waals surface area contributed by atoms with Crippen LogP contribution in [0.2, 0.25) is 0 Å². The fourth-order valence-electron chi connectivity index (χ4n) is 3.65. The van der Waals surface area contributed by atoms with E-state index >= 15 is 0 Å². The van der Waals surface area contributed by atoms with Crippen LogP contribution in [0.15, 0.2) is 66.9 Å². The van der Waals surface area contributed by atoms with Gasteiger partial charge in [0.05, 0.1) is 18.7 Å². The Balaban J connectivity index is 1.35. The average molecular weight is 388 g/mol. The van der Waals surface area contributed by atoms with E-state index in [0.29, 0.717) is 11.3 Å². The molecule has 1 heterocycles. The Kier molecular flexibility index (Phi) is 5.24. The van der Waals surface area contributed by atoms with Crippen LogP contribution in [-0.2, 0) is 22.5 Å². The lowest BCUT2D eigenvalue weighted by Gasteiger charge is -2.14. The molecule has 0 saturated carbocycles. The molecular weight excluding hydrogens is 368 g/mol. The van der Waals surface area contributed by atoms with Gasteiger partial charge in [0.25, 0.3) is 0 Å². The number of carboxylic acids is 1. The summed E-state index contributed by atoms with van der Waals surface area (Å²) in [5.74, 6) is -0.891. The van der Waals surface area contributed by atoms with Crippen molar-refractivity contribution in [2.45, 2.75) is 18.9 Å². The van der Waals surface area contributed by atoms with E-state index in [2.05, 4.69) is 34.6 Å². The number of carbonyl (C=O) groups excluding carboxylic acids is 1. The number of aliphatic carboxylic acids is 1. The summed E-state index contributed by atoms with van der Waals surface area (Å²) in [6, 6.07) is 19.7. The number of rotatable bonds is 6. The van der Waals surface area contributed by atoms with E-state index in [0.717, 1.165) is 11.1 Å². The fourth-order valence-corrected chi connectivity index (χ4v) is 3.65. The monoisotopic (exact) mass is 388 g/mol. The first kappa shape index (κ1) is 18.7. The lowest BCUT2D eigenvalue weighted by Crippen LogP contribution is -2.26. The molecule has 4 rings (SSSR count). The molecule has 0 aliphatic heterocycles. The third kappa shape index (κ3) is 4.11. The Morgan fingerprint density at radius 1 is 0.966 bits per heavy atom. The number of nitrogens with one attached hydrogen (secondary N) is 1. The van der Waals surface area contributed by atoms with Gasteiger partial charge in [-0.15, -0.1) is 0 Å². The number of nitrogens with zero attached hydrogens (tertiary/aromatic N) is 1. The summed E-state index contributed by atoms with van der Waals surface area (Å²) in [7, 11) is 0. The third-order valence-electron chi connectivity index (χ3n) is 5.00. The summed E-state index contributed by atoms with van der Waals surface area (Å²) in [5.41, 5.74) is 5.94. The van der Waals surface area contributed by atoms with E-state index in [1.165, 1.54) is 17.3 Å². The molecule has 0 radical (unpaired) electrons. The molecule has 1 aliphatic carbocycles. The number of amides is 1. The predicted molar refractivity (Wildman–Crippen MR) is 107 cm³/mol. The smallest absolute Gasteiger partial charge is 0.407 e. The van der Waals surface area contributed by atoms with Gasteiger partial charge in [-0.3, -0.25) is 9.78 Å². The van der Waals surface area contributed by atoms with E-state index < -0.39 is 12.1 Å². The Morgan fingerprint density at radius 2 is 1.62 bits per heavy atom. The highest BCUT2D eigenvalue weighted by Gasteiger charge is 2.28. The highest BCUT2D eigenvalue weighted by atomic mass is 16.5. The molecule has 0 atom stereocenters. The van der Waals surface area contributed by atoms with Gasteiger partial charge in [0.15, 0.2) is 0 Å². The summed E-state index contributed by atoms with van der Waals surface area (Å²) >= 11 is 0. The van der Waals surface area contributed by atoms with E-state index in [1.54, 1.807) is 12.1 Å². The lowest BCUT2D eigenvalue weighted by atomic mass is 9.98. The number of carbonyl (C=O) groups is 2. The number of hydrogen-bond acceptors (Lipinski definition) is 4. The van der Waals surface area contributed by atoms with E-state index in [9.17, 15) is 9.59 Å². The van der Waals surface area contributed by atoms with Crippen molar-refractivity contribution in [3.8, 4) is 11.1 Å². The van der Waals surface area contributed by atoms with E-state index in [-0.39, 0.29) is 25.5 Å². The summed E-state index contributed by atoms with van der Waals surface area (Å²) in [6.45, 7) is 0.467. The van der Waals surface area contributed by atoms with Crippen molar-refractivity contribution in [1.82, 2.24) is 10.3 Å². The molecule has 6 nitrogen and oxygen atoms in total. The normalized spacial score (nSPS) is 12.1. The molecule has 146 valence electrons. The Hall–Kier alpha value is -3.67. The number of ether oxygens (including phenoxy) is 1. The zero-order chi connectivity index (χ0) is 20.2. The van der Waals surface area contributed by atoms with Crippen molar-refractivity contribution < 1.29 is 19.4 Å². The zero-order valence-corrected chi connectivity index (χ0v) is 15.7. The Morgan fingerprint density at radius 3 is 2.21 bits per heavy atom. The van der Waals surface area contributed by atoms with Gasteiger partial charge >= 0.3 is 12.1 Å². The molecule has 0 spiro atoms. The quantitative estimate of drug-likeness (QED) is 0.671. The average Bonchev–Trinajstić information content (AvgIpc) is 3.05. The minimum atomic E-state index is -0.906. The van der Waals surface area contributed by atoms with Crippen LogP contribution in [0.3, 0.4) is 0 Å². The minimum Gasteiger partial charge on any atom is -0.481 e. The maximum atomic E-state index is 12.2. The van der Waals surface area contributed by atoms with Crippen molar-refractivity contribution in [1.29, 1.82) is 0 Å². The summed E-state index contributed by atoms with van der Waals surface area (Å²) < 4.78 is 5.48. The molecule has 29 heavy (non-hydrogen) atoms. The lowest BCUT2D eigenvalue weighted by molar-refractivity contribution is -0.136. The van der Waals surface area contributed by atoms with Gasteiger partial charge in [0.1, 0.15) is 6.61 Å². The van der Waals surface area contributed by atoms with Gasteiger partial charge in [-0.25, -0.2) is 4.79 Å². The number of aromatic nitrogens is 1. The van der Waals surface area contributed by atoms with Gasteiger partial charge in [-0.2, -0.15) is 0 Å². The van der Waals surface area contributed by atoms with Crippen LogP contribution in [0.1, 0.15) is 28.3 Å². The second-order valence-corrected chi connectivity index (χ2v) is 6.91. The van der Waals surface area contributed by atoms with Gasteiger partial charge in [-0.05, 0) is 33.9 Å². The first-order chi connectivity index (χ1) is 14.1. The van der Waals surface area contributed by atoms with Crippen LogP contribution in [0.4, 0.5) is 4.79 Å². The van der Waals surface area contributed by atoms with Gasteiger partial charge < -0.3 is 15.2 Å². The summed E-state index contributed by atoms with van der Waals surface area (Å²) in [5, 5.41) is 11.5. The highest BCUT2D eigenvalue weighted by Crippen LogP contribution is 2.44. The topological polar surface area (TPSA) is 88.5 Å². The first-order valence-electron chi connectivity index (χ1n) is 9.36. The second-order valence-electron chi connectivity index (χ2n) is 6.91. The molecular formula is C23H20N2O4. The molecule has 1 aliphatic rings. The molecule has 2 aromatic carbocycles. The Bertz CT molecular complexity index is 1000. The number of fused-ring (bicyclic) bond motifs is 3. The van der Waals surface area contributed by atoms with Crippen molar-refractivity contribution in [3.05, 3.63) is 89.2 Å². The van der Waals surface area contributed by atoms with Gasteiger partial charge in [0, 0.05) is 12.1 Å². The van der Waals surface area contributed by atoms with Crippen LogP contribution < -0.4 is 5.32 Å². The maximum absolute atomic E-state index is 12.2. The van der Waals surface area contributed by atoms with Crippen molar-refractivity contribution in [2.24, 2.45) is 0 Å². The number of carboxylic acid groups (broad SMARTS) is 1. The minimum absolute atomic E-state index is 0.0153. The first-order valence-corrected chi connectivity index (χ1v) is 9.36. The second kappa shape index (κ2) is 8.14. The van der Waals surface area contributed by atoms with Crippen LogP contribution in [0.5, 0.6) is 0 Å². The van der Waals surface area contributed by atoms with E-state index in [4.69, 9.17) is 9.84 Å². The molecule has 0 bridgehead atoms. The van der Waals surface area contributed by atoms with Gasteiger partial charge in [0.2, 0.25) is 0 Å². The Labute approximate surface area is 168 Å². The van der Waals surface area contributed by atoms with Crippen LogP contribution in [0, 0.1) is 0 Å². The van der Waals surface area contributed by atoms with Crippen molar-refractivity contribution in [3.63, 3.8) is 0 Å². The highest BCUT2D eigenvalue weighted by molar-refractivity contribution is 5.79. The molecule has 0 unspecified atom stereocenters. The van der Waals surface area contributed by atoms with E-state index in [1.807, 2.05) is 24.3 Å². The molecule has 1 aromatic heterocycles. The third-order valence-corrected chi connectivity index (χ3v) is 5.00. The maximum Gasteiger partial charge on any atom is 0.407 e. The van der Waals surface area contributed by atoms with Crippen LogP contribution in [0.25, 0.3) is 11.1 Å². The molecule has 3 aromatic rings. The van der Waals surface area contributed by atoms with Crippen molar-refractivity contribution >= 4 is 12.1 Å². The number of hydrogen-bond donors (Lipinski definition) is 2. The zero-order valence-electron chi connectivity index (χ0n) is 15.7. The molecule has 2 N–H and O–H groups in total. The number of benzene rings is 2. The fraction of sp³-hybridized carbons (Fsp3) is 0.174. The summed E-state index contributed by atoms with van der Waals surface area (Å²) in [4.78, 5) is 27.0. The van der Waals surface area contributed by atoms with Crippen LogP contribution >= 0.6 is 0 Å². The summed E-state index contributed by atoms with van der Waals surface area (Å²) in [6.07, 6.45) is 0.916. The molecule has 0 saturated heterocycles. The molecule has 1 amide bonds. The molecule has 0 fully saturated rings. The largest absolute Gasteiger partial charge is 0.481 e. The van der Waals surface area contributed by atoms with Crippen LogP contribution in [-0.4, -0.2) is 28.8 Å². The number of pyridine rings is 1. The SMILES string of the molecule is O=C(O)Cc1ccc(CNC(=O)OCC2c3ccccc3-c3ccccc32)nc1. The standard InChI is InChI=1S/C23H20N2O4/c26-22(27)11-15-9-10-16(24-12-15)13-25-23(28)29-14-21-19-7-3-1-5-17(19)18-6-2-4-8-20(18)21/h1-10,12,21H,11,13-14H2,(H,25,28)(H,26,27). The van der Waals surface area contributed by atoms with Crippen molar-refractivity contribution in [2.75, 3.05) is 6.61 Å². The molecule has 6 heteroatoms. The predicted octanol–water partition coefficient (Wildman–Crippen LogP) is 3.75.